The summed E-state index contributed by atoms with van der Waals surface area (Å²) in [5.74, 6) is 0. The Kier molecular flexibility index (Phi) is 4.73. The maximum atomic E-state index is 9.32. The second-order valence-electron chi connectivity index (χ2n) is 4.41. The van der Waals surface area contributed by atoms with E-state index in [2.05, 4.69) is 46.4 Å². The Bertz CT molecular complexity index is 558. The summed E-state index contributed by atoms with van der Waals surface area (Å²) >= 11 is 3.40. The van der Waals surface area contributed by atoms with E-state index in [0.717, 1.165) is 10.0 Å². The predicted octanol–water partition coefficient (Wildman–Crippen LogP) is 4.36. The normalized spacial score (nSPS) is 13.5. The van der Waals surface area contributed by atoms with Gasteiger partial charge in [-0.1, -0.05) is 58.4 Å². The molecule has 2 aromatic carbocycles. The fraction of sp³-hybridized carbons (Fsp3) is 0.188. The van der Waals surface area contributed by atoms with Crippen LogP contribution in [0.4, 0.5) is 0 Å². The number of benzene rings is 2. The molecule has 0 bridgehead atoms. The van der Waals surface area contributed by atoms with Crippen molar-refractivity contribution in [3.63, 3.8) is 0 Å². The number of rotatable bonds is 4. The first-order valence-electron chi connectivity index (χ1n) is 6.17. The average Bonchev–Trinajstić information content (AvgIpc) is 2.46. The van der Waals surface area contributed by atoms with Gasteiger partial charge in [0.2, 0.25) is 0 Å². The van der Waals surface area contributed by atoms with Gasteiger partial charge in [-0.25, -0.2) is 0 Å². The highest BCUT2D eigenvalue weighted by atomic mass is 79.9. The molecule has 0 heterocycles. The molecule has 0 aliphatic rings. The van der Waals surface area contributed by atoms with Gasteiger partial charge >= 0.3 is 0 Å². The van der Waals surface area contributed by atoms with Crippen LogP contribution in [0.1, 0.15) is 30.1 Å². The molecule has 19 heavy (non-hydrogen) atoms. The van der Waals surface area contributed by atoms with E-state index in [1.807, 2.05) is 42.5 Å². The molecule has 2 aromatic rings. The van der Waals surface area contributed by atoms with Crippen LogP contribution in [0.15, 0.2) is 59.1 Å². The Morgan fingerprint density at radius 2 is 1.63 bits per heavy atom. The number of hydrogen-bond acceptors (Lipinski definition) is 2. The summed E-state index contributed by atoms with van der Waals surface area (Å²) in [7, 11) is 0. The third-order valence-electron chi connectivity index (χ3n) is 3.05. The Hall–Kier alpha value is -1.63. The topological polar surface area (TPSA) is 35.8 Å². The molecule has 0 aromatic heterocycles. The second kappa shape index (κ2) is 6.51. The molecule has 3 heteroatoms. The van der Waals surface area contributed by atoms with E-state index in [1.165, 1.54) is 5.56 Å². The van der Waals surface area contributed by atoms with Gasteiger partial charge in [-0.3, -0.25) is 5.32 Å². The minimum Gasteiger partial charge on any atom is -0.292 e. The van der Waals surface area contributed by atoms with Crippen molar-refractivity contribution in [2.45, 2.75) is 19.0 Å². The summed E-state index contributed by atoms with van der Waals surface area (Å²) in [6.07, 6.45) is 0. The van der Waals surface area contributed by atoms with Gasteiger partial charge in [-0.2, -0.15) is 5.26 Å². The van der Waals surface area contributed by atoms with Crippen LogP contribution in [-0.2, 0) is 0 Å². The summed E-state index contributed by atoms with van der Waals surface area (Å²) in [6.45, 7) is 2.07. The zero-order chi connectivity index (χ0) is 13.7. The fourth-order valence-electron chi connectivity index (χ4n) is 1.95. The van der Waals surface area contributed by atoms with Crippen LogP contribution in [0.2, 0.25) is 0 Å². The molecule has 1 N–H and O–H groups in total. The number of hydrogen-bond donors (Lipinski definition) is 1. The largest absolute Gasteiger partial charge is 0.292 e. The summed E-state index contributed by atoms with van der Waals surface area (Å²) in [6, 6.07) is 20.1. The fourth-order valence-corrected chi connectivity index (χ4v) is 2.22. The summed E-state index contributed by atoms with van der Waals surface area (Å²) in [5, 5.41) is 12.7. The lowest BCUT2D eigenvalue weighted by Crippen LogP contribution is -2.23. The maximum absolute atomic E-state index is 9.32. The van der Waals surface area contributed by atoms with E-state index in [4.69, 9.17) is 0 Å². The summed E-state index contributed by atoms with van der Waals surface area (Å²) < 4.78 is 1.02. The second-order valence-corrected chi connectivity index (χ2v) is 5.33. The van der Waals surface area contributed by atoms with Gasteiger partial charge in [0.05, 0.1) is 6.07 Å². The lowest BCUT2D eigenvalue weighted by molar-refractivity contribution is 0.533. The molecule has 0 amide bonds. The van der Waals surface area contributed by atoms with E-state index in [-0.39, 0.29) is 12.1 Å². The molecule has 0 aliphatic carbocycles. The van der Waals surface area contributed by atoms with Gasteiger partial charge in [0.25, 0.3) is 0 Å². The van der Waals surface area contributed by atoms with E-state index in [9.17, 15) is 5.26 Å². The quantitative estimate of drug-likeness (QED) is 0.909. The molecular formula is C16H15BrN2. The lowest BCUT2D eigenvalue weighted by Gasteiger charge is -2.19. The zero-order valence-electron chi connectivity index (χ0n) is 10.7. The van der Waals surface area contributed by atoms with Gasteiger partial charge in [0.15, 0.2) is 0 Å². The molecule has 0 saturated carbocycles. The first-order chi connectivity index (χ1) is 9.20. The van der Waals surface area contributed by atoms with Gasteiger partial charge in [0, 0.05) is 10.5 Å². The molecule has 2 atom stereocenters. The van der Waals surface area contributed by atoms with Crippen molar-refractivity contribution in [2.24, 2.45) is 0 Å². The lowest BCUT2D eigenvalue weighted by atomic mass is 10.0. The number of nitrogens with zero attached hydrogens (tertiary/aromatic N) is 1. The van der Waals surface area contributed by atoms with Crippen molar-refractivity contribution in [1.29, 1.82) is 5.26 Å². The molecule has 0 aliphatic heterocycles. The van der Waals surface area contributed by atoms with Crippen molar-refractivity contribution < 1.29 is 0 Å². The van der Waals surface area contributed by atoms with Crippen LogP contribution in [0, 0.1) is 11.3 Å². The van der Waals surface area contributed by atoms with Crippen LogP contribution in [0.5, 0.6) is 0 Å². The molecule has 2 rings (SSSR count). The molecule has 0 spiro atoms. The highest BCUT2D eigenvalue weighted by Gasteiger charge is 2.14. The van der Waals surface area contributed by atoms with Gasteiger partial charge < -0.3 is 0 Å². The maximum Gasteiger partial charge on any atom is 0.121 e. The number of nitriles is 1. The van der Waals surface area contributed by atoms with E-state index < -0.39 is 0 Å². The number of nitrogens with one attached hydrogen (secondary N) is 1. The molecule has 0 saturated heterocycles. The van der Waals surface area contributed by atoms with Crippen LogP contribution in [0.25, 0.3) is 0 Å². The van der Waals surface area contributed by atoms with Gasteiger partial charge in [0.1, 0.15) is 6.04 Å². The van der Waals surface area contributed by atoms with E-state index in [0.29, 0.717) is 0 Å². The molecule has 0 radical (unpaired) electrons. The zero-order valence-corrected chi connectivity index (χ0v) is 12.3. The third kappa shape index (κ3) is 3.66. The molecule has 2 nitrogen and oxygen atoms in total. The minimum atomic E-state index is -0.302. The van der Waals surface area contributed by atoms with Crippen molar-refractivity contribution in [2.75, 3.05) is 0 Å². The van der Waals surface area contributed by atoms with E-state index >= 15 is 0 Å². The van der Waals surface area contributed by atoms with Gasteiger partial charge in [-0.05, 0) is 30.2 Å². The summed E-state index contributed by atoms with van der Waals surface area (Å²) in [5.41, 5.74) is 2.16. The minimum absolute atomic E-state index is 0.134. The van der Waals surface area contributed by atoms with Crippen molar-refractivity contribution in [3.05, 3.63) is 70.2 Å². The Labute approximate surface area is 122 Å². The standard InChI is InChI=1S/C16H15BrN2/c1-12(13-5-3-2-4-6-13)19-16(11-18)14-7-9-15(17)10-8-14/h2-10,12,16,19H,1H3/t12-,16-/m1/s1. The van der Waals surface area contributed by atoms with Gasteiger partial charge in [-0.15, -0.1) is 0 Å². The molecular weight excluding hydrogens is 300 g/mol. The highest BCUT2D eigenvalue weighted by Crippen LogP contribution is 2.20. The highest BCUT2D eigenvalue weighted by molar-refractivity contribution is 9.10. The first-order valence-corrected chi connectivity index (χ1v) is 6.96. The number of halogens is 1. The summed E-state index contributed by atoms with van der Waals surface area (Å²) in [4.78, 5) is 0. The van der Waals surface area contributed by atoms with E-state index in [1.54, 1.807) is 0 Å². The van der Waals surface area contributed by atoms with Crippen molar-refractivity contribution >= 4 is 15.9 Å². The molecule has 0 fully saturated rings. The monoisotopic (exact) mass is 314 g/mol. The average molecular weight is 315 g/mol. The van der Waals surface area contributed by atoms with Crippen molar-refractivity contribution in [3.8, 4) is 6.07 Å². The Morgan fingerprint density at radius 1 is 1.00 bits per heavy atom. The third-order valence-corrected chi connectivity index (χ3v) is 3.58. The SMILES string of the molecule is C[C@@H](N[C@H](C#N)c1ccc(Br)cc1)c1ccccc1. The first kappa shape index (κ1) is 13.8. The molecule has 96 valence electrons. The van der Waals surface area contributed by atoms with Crippen LogP contribution < -0.4 is 5.32 Å². The predicted molar refractivity (Wildman–Crippen MR) is 80.5 cm³/mol. The van der Waals surface area contributed by atoms with Crippen molar-refractivity contribution in [1.82, 2.24) is 5.32 Å². The van der Waals surface area contributed by atoms with Crippen LogP contribution >= 0.6 is 15.9 Å². The Balaban J connectivity index is 2.12. The van der Waals surface area contributed by atoms with Crippen LogP contribution in [-0.4, -0.2) is 0 Å². The smallest absolute Gasteiger partial charge is 0.121 e. The Morgan fingerprint density at radius 3 is 2.21 bits per heavy atom. The van der Waals surface area contributed by atoms with Crippen LogP contribution in [0.3, 0.4) is 0 Å². The molecule has 0 unspecified atom stereocenters.